The molecule has 0 bridgehead atoms. The minimum atomic E-state index is -0.373. The molecule has 1 amide bonds. The number of β-amino-alcohol motifs (C(OH)–C–C–N with tert-alkyl or cyclic N) is 1. The van der Waals surface area contributed by atoms with Crippen molar-refractivity contribution in [3.8, 4) is 0 Å². The van der Waals surface area contributed by atoms with E-state index in [1.807, 2.05) is 6.07 Å². The molecule has 1 heterocycles. The first-order valence-electron chi connectivity index (χ1n) is 7.82. The van der Waals surface area contributed by atoms with E-state index in [0.717, 1.165) is 11.1 Å². The van der Waals surface area contributed by atoms with Crippen molar-refractivity contribution in [2.75, 3.05) is 13.1 Å². The third-order valence-corrected chi connectivity index (χ3v) is 4.22. The number of aliphatic hydroxyl groups is 1. The molecule has 21 heavy (non-hydrogen) atoms. The van der Waals surface area contributed by atoms with Gasteiger partial charge in [-0.25, -0.2) is 0 Å². The van der Waals surface area contributed by atoms with Gasteiger partial charge in [-0.3, -0.25) is 4.79 Å². The average molecular weight is 289 g/mol. The van der Waals surface area contributed by atoms with Crippen LogP contribution in [-0.4, -0.2) is 35.1 Å². The van der Waals surface area contributed by atoms with Gasteiger partial charge in [0.15, 0.2) is 0 Å². The number of amides is 1. The van der Waals surface area contributed by atoms with Crippen molar-refractivity contribution in [2.24, 2.45) is 0 Å². The van der Waals surface area contributed by atoms with E-state index in [1.165, 1.54) is 5.56 Å². The van der Waals surface area contributed by atoms with Gasteiger partial charge in [0, 0.05) is 18.7 Å². The second-order valence-corrected chi connectivity index (χ2v) is 7.40. The van der Waals surface area contributed by atoms with Gasteiger partial charge in [-0.15, -0.1) is 0 Å². The lowest BCUT2D eigenvalue weighted by molar-refractivity contribution is 0.0763. The number of hydrogen-bond acceptors (Lipinski definition) is 2. The Morgan fingerprint density at radius 1 is 1.33 bits per heavy atom. The molecule has 0 saturated carbocycles. The largest absolute Gasteiger partial charge is 0.391 e. The molecule has 0 aromatic heterocycles. The SMILES string of the molecule is CC(C)c1ccc(C(C)(C)C)cc1C(=O)N1CC[C@@H](O)C1. The van der Waals surface area contributed by atoms with Crippen molar-refractivity contribution < 1.29 is 9.90 Å². The standard InChI is InChI=1S/C18H27NO2/c1-12(2)15-7-6-13(18(3,4)5)10-16(15)17(21)19-9-8-14(20)11-19/h6-7,10,12,14,20H,8-9,11H2,1-5H3/t14-/m1/s1. The van der Waals surface area contributed by atoms with Crippen LogP contribution in [0.15, 0.2) is 18.2 Å². The average Bonchev–Trinajstić information content (AvgIpc) is 2.82. The summed E-state index contributed by atoms with van der Waals surface area (Å²) in [5, 5.41) is 9.66. The normalized spacial score (nSPS) is 19.4. The molecule has 1 aliphatic heterocycles. The van der Waals surface area contributed by atoms with Crippen LogP contribution < -0.4 is 0 Å². The number of nitrogens with zero attached hydrogens (tertiary/aromatic N) is 1. The van der Waals surface area contributed by atoms with Crippen LogP contribution in [0.1, 0.15) is 68.4 Å². The zero-order valence-corrected chi connectivity index (χ0v) is 13.8. The molecule has 1 aromatic carbocycles. The summed E-state index contributed by atoms with van der Waals surface area (Å²) < 4.78 is 0. The quantitative estimate of drug-likeness (QED) is 0.907. The second kappa shape index (κ2) is 5.80. The lowest BCUT2D eigenvalue weighted by Gasteiger charge is -2.24. The molecule has 116 valence electrons. The molecule has 1 N–H and O–H groups in total. The maximum absolute atomic E-state index is 12.8. The highest BCUT2D eigenvalue weighted by molar-refractivity contribution is 5.96. The van der Waals surface area contributed by atoms with Crippen LogP contribution in [0.5, 0.6) is 0 Å². The second-order valence-electron chi connectivity index (χ2n) is 7.40. The number of rotatable bonds is 2. The van der Waals surface area contributed by atoms with E-state index in [0.29, 0.717) is 25.4 Å². The van der Waals surface area contributed by atoms with Crippen molar-refractivity contribution in [1.82, 2.24) is 4.90 Å². The highest BCUT2D eigenvalue weighted by atomic mass is 16.3. The van der Waals surface area contributed by atoms with Gasteiger partial charge in [-0.2, -0.15) is 0 Å². The predicted molar refractivity (Wildman–Crippen MR) is 85.8 cm³/mol. The first-order chi connectivity index (χ1) is 9.70. The minimum Gasteiger partial charge on any atom is -0.391 e. The lowest BCUT2D eigenvalue weighted by atomic mass is 9.83. The Kier molecular flexibility index (Phi) is 4.43. The summed E-state index contributed by atoms with van der Waals surface area (Å²) in [5.41, 5.74) is 3.09. The number of benzene rings is 1. The fraction of sp³-hybridized carbons (Fsp3) is 0.611. The van der Waals surface area contributed by atoms with E-state index in [-0.39, 0.29) is 17.4 Å². The van der Waals surface area contributed by atoms with Crippen molar-refractivity contribution in [3.63, 3.8) is 0 Å². The van der Waals surface area contributed by atoms with E-state index in [1.54, 1.807) is 4.90 Å². The molecule has 3 heteroatoms. The number of carbonyl (C=O) groups is 1. The molecular formula is C18H27NO2. The third kappa shape index (κ3) is 3.46. The lowest BCUT2D eigenvalue weighted by Crippen LogP contribution is -2.31. The Bertz CT molecular complexity index is 529. The topological polar surface area (TPSA) is 40.5 Å². The molecule has 0 spiro atoms. The molecule has 0 aliphatic carbocycles. The predicted octanol–water partition coefficient (Wildman–Crippen LogP) is 3.31. The van der Waals surface area contributed by atoms with Gasteiger partial charge < -0.3 is 10.0 Å². The highest BCUT2D eigenvalue weighted by Crippen LogP contribution is 2.29. The van der Waals surface area contributed by atoms with Crippen molar-refractivity contribution >= 4 is 5.91 Å². The maximum atomic E-state index is 12.8. The van der Waals surface area contributed by atoms with E-state index < -0.39 is 0 Å². The Hall–Kier alpha value is -1.35. The Morgan fingerprint density at radius 3 is 2.48 bits per heavy atom. The van der Waals surface area contributed by atoms with E-state index in [9.17, 15) is 9.90 Å². The molecule has 1 fully saturated rings. The minimum absolute atomic E-state index is 0.0229. The van der Waals surface area contributed by atoms with Crippen molar-refractivity contribution in [1.29, 1.82) is 0 Å². The fourth-order valence-electron chi connectivity index (χ4n) is 2.81. The van der Waals surface area contributed by atoms with Gasteiger partial charge in [0.2, 0.25) is 0 Å². The van der Waals surface area contributed by atoms with Crippen LogP contribution in [-0.2, 0) is 5.41 Å². The van der Waals surface area contributed by atoms with E-state index >= 15 is 0 Å². The van der Waals surface area contributed by atoms with Crippen LogP contribution in [0.4, 0.5) is 0 Å². The molecule has 0 unspecified atom stereocenters. The number of carbonyl (C=O) groups excluding carboxylic acids is 1. The van der Waals surface area contributed by atoms with Gasteiger partial charge in [0.25, 0.3) is 5.91 Å². The van der Waals surface area contributed by atoms with Crippen LogP contribution in [0.3, 0.4) is 0 Å². The monoisotopic (exact) mass is 289 g/mol. The summed E-state index contributed by atoms with van der Waals surface area (Å²) in [4.78, 5) is 14.6. The fourth-order valence-corrected chi connectivity index (χ4v) is 2.81. The molecule has 1 saturated heterocycles. The summed E-state index contributed by atoms with van der Waals surface area (Å²) in [6.07, 6.45) is 0.309. The van der Waals surface area contributed by atoms with E-state index in [2.05, 4.69) is 46.8 Å². The Balaban J connectivity index is 2.41. The van der Waals surface area contributed by atoms with Crippen molar-refractivity contribution in [3.05, 3.63) is 34.9 Å². The molecular weight excluding hydrogens is 262 g/mol. The van der Waals surface area contributed by atoms with E-state index in [4.69, 9.17) is 0 Å². The summed E-state index contributed by atoms with van der Waals surface area (Å²) in [6, 6.07) is 6.26. The summed E-state index contributed by atoms with van der Waals surface area (Å²) in [7, 11) is 0. The first-order valence-corrected chi connectivity index (χ1v) is 7.82. The first kappa shape index (κ1) is 16.0. The van der Waals surface area contributed by atoms with Crippen LogP contribution in [0.25, 0.3) is 0 Å². The summed E-state index contributed by atoms with van der Waals surface area (Å²) in [5.74, 6) is 0.367. The third-order valence-electron chi connectivity index (χ3n) is 4.22. The highest BCUT2D eigenvalue weighted by Gasteiger charge is 2.28. The molecule has 3 nitrogen and oxygen atoms in total. The van der Waals surface area contributed by atoms with Gasteiger partial charge in [0.05, 0.1) is 6.10 Å². The molecule has 0 radical (unpaired) electrons. The molecule has 1 aliphatic rings. The van der Waals surface area contributed by atoms with Crippen LogP contribution >= 0.6 is 0 Å². The smallest absolute Gasteiger partial charge is 0.254 e. The maximum Gasteiger partial charge on any atom is 0.254 e. The molecule has 2 rings (SSSR count). The zero-order chi connectivity index (χ0) is 15.8. The van der Waals surface area contributed by atoms with Crippen LogP contribution in [0, 0.1) is 0 Å². The zero-order valence-electron chi connectivity index (χ0n) is 13.8. The summed E-state index contributed by atoms with van der Waals surface area (Å²) >= 11 is 0. The van der Waals surface area contributed by atoms with Crippen molar-refractivity contribution in [2.45, 2.75) is 58.5 Å². The van der Waals surface area contributed by atoms with Gasteiger partial charge in [-0.1, -0.05) is 46.8 Å². The Morgan fingerprint density at radius 2 is 2.00 bits per heavy atom. The van der Waals surface area contributed by atoms with Gasteiger partial charge in [-0.05, 0) is 34.9 Å². The Labute approximate surface area is 128 Å². The molecule has 1 atom stereocenters. The van der Waals surface area contributed by atoms with Crippen LogP contribution in [0.2, 0.25) is 0 Å². The number of aliphatic hydroxyl groups excluding tert-OH is 1. The summed E-state index contributed by atoms with van der Waals surface area (Å²) in [6.45, 7) is 11.8. The number of hydrogen-bond donors (Lipinski definition) is 1. The van der Waals surface area contributed by atoms with Gasteiger partial charge in [0.1, 0.15) is 0 Å². The molecule has 1 aromatic rings. The van der Waals surface area contributed by atoms with Gasteiger partial charge >= 0.3 is 0 Å². The number of likely N-dealkylation sites (tertiary alicyclic amines) is 1.